The SMILES string of the molecule is COc1ccc(CN2C[C@H](CN(Cc3ccc(F)cc3)C(C)=O)[C@H](c3ccc(C)cc3)C2)cc1. The van der Waals surface area contributed by atoms with Crippen LogP contribution in [-0.2, 0) is 17.9 Å². The molecule has 4 rings (SSSR count). The van der Waals surface area contributed by atoms with E-state index in [1.165, 1.54) is 28.8 Å². The van der Waals surface area contributed by atoms with Gasteiger partial charge in [0.15, 0.2) is 0 Å². The van der Waals surface area contributed by atoms with Crippen molar-refractivity contribution < 1.29 is 13.9 Å². The van der Waals surface area contributed by atoms with Crippen molar-refractivity contribution in [3.63, 3.8) is 0 Å². The van der Waals surface area contributed by atoms with E-state index in [9.17, 15) is 9.18 Å². The lowest BCUT2D eigenvalue weighted by Gasteiger charge is -2.28. The number of likely N-dealkylation sites (tertiary alicyclic amines) is 1. The topological polar surface area (TPSA) is 32.8 Å². The number of halogens is 1. The van der Waals surface area contributed by atoms with Crippen LogP contribution in [0.15, 0.2) is 72.8 Å². The maximum absolute atomic E-state index is 13.3. The largest absolute Gasteiger partial charge is 0.497 e. The second-order valence-corrected chi connectivity index (χ2v) is 9.35. The molecule has 0 radical (unpaired) electrons. The Morgan fingerprint density at radius 2 is 1.62 bits per heavy atom. The Kier molecular flexibility index (Phi) is 7.63. The molecule has 1 aliphatic rings. The predicted octanol–water partition coefficient (Wildman–Crippen LogP) is 5.41. The molecule has 0 saturated carbocycles. The molecule has 178 valence electrons. The van der Waals surface area contributed by atoms with Gasteiger partial charge in [0.1, 0.15) is 11.6 Å². The van der Waals surface area contributed by atoms with Crippen molar-refractivity contribution >= 4 is 5.91 Å². The Balaban J connectivity index is 1.52. The fraction of sp³-hybridized carbons (Fsp3) is 0.345. The molecule has 1 aliphatic heterocycles. The maximum Gasteiger partial charge on any atom is 0.219 e. The second-order valence-electron chi connectivity index (χ2n) is 9.35. The van der Waals surface area contributed by atoms with E-state index in [1.807, 2.05) is 17.0 Å². The van der Waals surface area contributed by atoms with Gasteiger partial charge < -0.3 is 9.64 Å². The molecule has 1 heterocycles. The molecule has 3 aromatic rings. The number of benzene rings is 3. The van der Waals surface area contributed by atoms with Gasteiger partial charge >= 0.3 is 0 Å². The van der Waals surface area contributed by atoms with Crippen LogP contribution in [0.5, 0.6) is 5.75 Å². The quantitative estimate of drug-likeness (QED) is 0.451. The van der Waals surface area contributed by atoms with Crippen LogP contribution in [0.25, 0.3) is 0 Å². The summed E-state index contributed by atoms with van der Waals surface area (Å²) in [6.07, 6.45) is 0. The number of methoxy groups -OCH3 is 1. The number of hydrogen-bond donors (Lipinski definition) is 0. The molecular weight excluding hydrogens is 427 g/mol. The standard InChI is InChI=1S/C29H33FN2O2/c1-21-4-10-25(11-5-21)29-20-31(16-23-8-14-28(34-3)15-9-23)18-26(29)19-32(22(2)33)17-24-6-12-27(30)13-7-24/h4-15,26,29H,16-20H2,1-3H3/t26-,29+/m1/s1. The molecule has 0 spiro atoms. The van der Waals surface area contributed by atoms with Crippen molar-refractivity contribution in [3.05, 3.63) is 101 Å². The summed E-state index contributed by atoms with van der Waals surface area (Å²) in [5.74, 6) is 1.29. The van der Waals surface area contributed by atoms with Crippen molar-refractivity contribution in [2.75, 3.05) is 26.7 Å². The molecule has 0 aromatic heterocycles. The molecule has 0 bridgehead atoms. The molecule has 0 unspecified atom stereocenters. The summed E-state index contributed by atoms with van der Waals surface area (Å²) in [4.78, 5) is 16.9. The van der Waals surface area contributed by atoms with Crippen LogP contribution in [0.2, 0.25) is 0 Å². The first-order valence-corrected chi connectivity index (χ1v) is 11.8. The molecule has 34 heavy (non-hydrogen) atoms. The lowest BCUT2D eigenvalue weighted by molar-refractivity contribution is -0.130. The van der Waals surface area contributed by atoms with E-state index in [0.29, 0.717) is 24.9 Å². The highest BCUT2D eigenvalue weighted by Gasteiger charge is 2.35. The van der Waals surface area contributed by atoms with Gasteiger partial charge in [-0.15, -0.1) is 0 Å². The molecule has 1 amide bonds. The lowest BCUT2D eigenvalue weighted by atomic mass is 9.88. The summed E-state index contributed by atoms with van der Waals surface area (Å²) in [5, 5.41) is 0. The summed E-state index contributed by atoms with van der Waals surface area (Å²) < 4.78 is 18.6. The zero-order valence-corrected chi connectivity index (χ0v) is 20.2. The molecule has 5 heteroatoms. The Bertz CT molecular complexity index is 1080. The summed E-state index contributed by atoms with van der Waals surface area (Å²) in [7, 11) is 1.68. The highest BCUT2D eigenvalue weighted by Crippen LogP contribution is 2.35. The van der Waals surface area contributed by atoms with E-state index >= 15 is 0 Å². The third-order valence-corrected chi connectivity index (χ3v) is 6.77. The first-order valence-electron chi connectivity index (χ1n) is 11.8. The third-order valence-electron chi connectivity index (χ3n) is 6.77. The van der Waals surface area contributed by atoms with Crippen molar-refractivity contribution in [1.82, 2.24) is 9.80 Å². The van der Waals surface area contributed by atoms with E-state index < -0.39 is 0 Å². The Labute approximate surface area is 202 Å². The van der Waals surface area contributed by atoms with Crippen LogP contribution in [0.3, 0.4) is 0 Å². The Hall–Kier alpha value is -3.18. The van der Waals surface area contributed by atoms with Crippen LogP contribution in [-0.4, -0.2) is 42.5 Å². The molecule has 0 N–H and O–H groups in total. The highest BCUT2D eigenvalue weighted by atomic mass is 19.1. The van der Waals surface area contributed by atoms with E-state index in [-0.39, 0.29) is 11.7 Å². The van der Waals surface area contributed by atoms with Crippen molar-refractivity contribution in [2.24, 2.45) is 5.92 Å². The molecule has 1 saturated heterocycles. The van der Waals surface area contributed by atoms with Crippen molar-refractivity contribution in [2.45, 2.75) is 32.9 Å². The Morgan fingerprint density at radius 1 is 0.971 bits per heavy atom. The Morgan fingerprint density at radius 3 is 2.24 bits per heavy atom. The van der Waals surface area contributed by atoms with Gasteiger partial charge in [-0.1, -0.05) is 54.1 Å². The number of nitrogens with zero attached hydrogens (tertiary/aromatic N) is 2. The number of amides is 1. The lowest BCUT2D eigenvalue weighted by Crippen LogP contribution is -2.35. The van der Waals surface area contributed by atoms with Crippen LogP contribution in [0.4, 0.5) is 4.39 Å². The van der Waals surface area contributed by atoms with Gasteiger partial charge in [-0.25, -0.2) is 4.39 Å². The van der Waals surface area contributed by atoms with Gasteiger partial charge in [0.05, 0.1) is 7.11 Å². The van der Waals surface area contributed by atoms with Gasteiger partial charge in [-0.3, -0.25) is 9.69 Å². The number of ether oxygens (including phenoxy) is 1. The van der Waals surface area contributed by atoms with Gasteiger partial charge in [-0.2, -0.15) is 0 Å². The number of carbonyl (C=O) groups is 1. The normalized spacial score (nSPS) is 18.1. The van der Waals surface area contributed by atoms with E-state index in [1.54, 1.807) is 26.2 Å². The van der Waals surface area contributed by atoms with E-state index in [0.717, 1.165) is 30.9 Å². The molecule has 2 atom stereocenters. The second kappa shape index (κ2) is 10.8. The van der Waals surface area contributed by atoms with Crippen molar-refractivity contribution in [3.8, 4) is 5.75 Å². The summed E-state index contributed by atoms with van der Waals surface area (Å²) in [6.45, 7) is 7.61. The summed E-state index contributed by atoms with van der Waals surface area (Å²) in [5.41, 5.74) is 4.75. The van der Waals surface area contributed by atoms with Crippen LogP contribution < -0.4 is 4.74 Å². The summed E-state index contributed by atoms with van der Waals surface area (Å²) in [6, 6.07) is 23.4. The van der Waals surface area contributed by atoms with E-state index in [4.69, 9.17) is 4.74 Å². The third kappa shape index (κ3) is 6.03. The number of hydrogen-bond acceptors (Lipinski definition) is 3. The maximum atomic E-state index is 13.3. The van der Waals surface area contributed by atoms with Crippen LogP contribution >= 0.6 is 0 Å². The molecule has 4 nitrogen and oxygen atoms in total. The fourth-order valence-corrected chi connectivity index (χ4v) is 4.85. The monoisotopic (exact) mass is 460 g/mol. The fourth-order valence-electron chi connectivity index (χ4n) is 4.85. The molecule has 0 aliphatic carbocycles. The number of rotatable bonds is 8. The zero-order chi connectivity index (χ0) is 24.1. The number of carbonyl (C=O) groups excluding carboxylic acids is 1. The molecular formula is C29H33FN2O2. The van der Waals surface area contributed by atoms with Gasteiger partial charge in [-0.05, 0) is 53.8 Å². The average Bonchev–Trinajstić information content (AvgIpc) is 3.23. The number of aryl methyl sites for hydroxylation is 1. The minimum atomic E-state index is -0.262. The zero-order valence-electron chi connectivity index (χ0n) is 20.2. The minimum absolute atomic E-state index is 0.0422. The van der Waals surface area contributed by atoms with Crippen LogP contribution in [0.1, 0.15) is 35.1 Å². The highest BCUT2D eigenvalue weighted by molar-refractivity contribution is 5.73. The van der Waals surface area contributed by atoms with Gasteiger partial charge in [0, 0.05) is 45.6 Å². The van der Waals surface area contributed by atoms with Gasteiger partial charge in [0.2, 0.25) is 5.91 Å². The smallest absolute Gasteiger partial charge is 0.219 e. The molecule has 3 aromatic carbocycles. The predicted molar refractivity (Wildman–Crippen MR) is 133 cm³/mol. The summed E-state index contributed by atoms with van der Waals surface area (Å²) >= 11 is 0. The first-order chi connectivity index (χ1) is 16.4. The minimum Gasteiger partial charge on any atom is -0.497 e. The van der Waals surface area contributed by atoms with E-state index in [2.05, 4.69) is 48.2 Å². The average molecular weight is 461 g/mol. The first kappa shape index (κ1) is 24.0. The molecule has 1 fully saturated rings. The van der Waals surface area contributed by atoms with Gasteiger partial charge in [0.25, 0.3) is 0 Å². The van der Waals surface area contributed by atoms with Crippen LogP contribution in [0, 0.1) is 18.7 Å². The van der Waals surface area contributed by atoms with Crippen molar-refractivity contribution in [1.29, 1.82) is 0 Å².